The van der Waals surface area contributed by atoms with Crippen molar-refractivity contribution in [1.29, 1.82) is 0 Å². The molecule has 1 aromatic heterocycles. The van der Waals surface area contributed by atoms with Crippen LogP contribution in [-0.4, -0.2) is 70.3 Å². The number of carbonyl (C=O) groups excluding carboxylic acids is 2. The highest BCUT2D eigenvalue weighted by atomic mass is 16.6. The molecule has 1 unspecified atom stereocenters. The van der Waals surface area contributed by atoms with Crippen LogP contribution in [0, 0.1) is 11.3 Å². The van der Waals surface area contributed by atoms with Crippen LogP contribution in [0.1, 0.15) is 47.5 Å². The summed E-state index contributed by atoms with van der Waals surface area (Å²) in [7, 11) is 0. The zero-order chi connectivity index (χ0) is 30.9. The predicted molar refractivity (Wildman–Crippen MR) is 159 cm³/mol. The number of rotatable bonds is 9. The fourth-order valence-corrected chi connectivity index (χ4v) is 4.16. The number of aromatic nitrogens is 2. The number of amides is 2. The molecule has 1 fully saturated rings. The fraction of sp³-hybridized carbons (Fsp3) is 0.452. The topological polar surface area (TPSA) is 151 Å². The van der Waals surface area contributed by atoms with Crippen LogP contribution in [0.5, 0.6) is 5.75 Å². The van der Waals surface area contributed by atoms with Gasteiger partial charge in [-0.15, -0.1) is 0 Å². The highest BCUT2D eigenvalue weighted by Crippen LogP contribution is 2.24. The summed E-state index contributed by atoms with van der Waals surface area (Å²) in [5, 5.41) is 11.6. The van der Waals surface area contributed by atoms with Crippen molar-refractivity contribution in [2.75, 3.05) is 26.3 Å². The summed E-state index contributed by atoms with van der Waals surface area (Å²) in [6.07, 6.45) is 0.235. The van der Waals surface area contributed by atoms with Gasteiger partial charge in [-0.3, -0.25) is 9.59 Å². The number of alkyl carbamates (subject to hydrolysis) is 1. The first-order valence-electron chi connectivity index (χ1n) is 14.0. The van der Waals surface area contributed by atoms with Crippen LogP contribution >= 0.6 is 0 Å². The van der Waals surface area contributed by atoms with Gasteiger partial charge in [-0.25, -0.2) is 14.6 Å². The van der Waals surface area contributed by atoms with E-state index in [0.29, 0.717) is 41.7 Å². The Balaban J connectivity index is 0.00000114. The summed E-state index contributed by atoms with van der Waals surface area (Å²) in [5.74, 6) is -0.154. The smallest absolute Gasteiger partial charge is 0.407 e. The minimum Gasteiger partial charge on any atom is -0.493 e. The minimum atomic E-state index is -1.05. The van der Waals surface area contributed by atoms with Crippen LogP contribution in [0.2, 0.25) is 0 Å². The lowest BCUT2D eigenvalue weighted by Crippen LogP contribution is -2.45. The lowest BCUT2D eigenvalue weighted by atomic mass is 9.96. The Labute approximate surface area is 245 Å². The third-order valence-corrected chi connectivity index (χ3v) is 6.17. The molecule has 2 aromatic carbocycles. The SMILES string of the molecule is CC(C)(COC(=O)NCC(=O)N1CCCC1C(=O)O)COc1cccc(-c2nc3ccccc3[nH]c2=O)c1.CC(C)C. The van der Waals surface area contributed by atoms with Gasteiger partial charge in [-0.05, 0) is 43.0 Å². The monoisotopic (exact) mass is 580 g/mol. The Bertz CT molecular complexity index is 1450. The van der Waals surface area contributed by atoms with Gasteiger partial charge in [0.05, 0.1) is 17.6 Å². The number of likely N-dealkylation sites (tertiary alicyclic amines) is 1. The van der Waals surface area contributed by atoms with Crippen molar-refractivity contribution in [3.63, 3.8) is 0 Å². The number of H-pyrrole nitrogens is 1. The summed E-state index contributed by atoms with van der Waals surface area (Å²) in [4.78, 5) is 56.8. The van der Waals surface area contributed by atoms with Crippen molar-refractivity contribution in [2.24, 2.45) is 11.3 Å². The van der Waals surface area contributed by atoms with Gasteiger partial charge in [0, 0.05) is 17.5 Å². The van der Waals surface area contributed by atoms with E-state index in [4.69, 9.17) is 9.47 Å². The van der Waals surface area contributed by atoms with Crippen LogP contribution < -0.4 is 15.6 Å². The number of carbonyl (C=O) groups is 3. The van der Waals surface area contributed by atoms with Gasteiger partial charge < -0.3 is 29.8 Å². The molecule has 3 aromatic rings. The van der Waals surface area contributed by atoms with Gasteiger partial charge in [-0.2, -0.15) is 0 Å². The molecule has 1 saturated heterocycles. The van der Waals surface area contributed by atoms with E-state index in [1.54, 1.807) is 30.3 Å². The van der Waals surface area contributed by atoms with Crippen LogP contribution in [-0.2, 0) is 14.3 Å². The molecule has 1 aliphatic heterocycles. The number of para-hydroxylation sites is 2. The molecular formula is C31H40N4O7. The van der Waals surface area contributed by atoms with E-state index in [2.05, 4.69) is 36.1 Å². The third-order valence-electron chi connectivity index (χ3n) is 6.17. The van der Waals surface area contributed by atoms with Gasteiger partial charge in [0.25, 0.3) is 5.56 Å². The zero-order valence-corrected chi connectivity index (χ0v) is 24.8. The molecule has 226 valence electrons. The maximum atomic E-state index is 12.6. The quantitative estimate of drug-likeness (QED) is 0.336. The first kappa shape index (κ1) is 32.1. The number of fused-ring (bicyclic) bond motifs is 1. The van der Waals surface area contributed by atoms with Crippen molar-refractivity contribution >= 4 is 29.0 Å². The third kappa shape index (κ3) is 9.32. The van der Waals surface area contributed by atoms with Gasteiger partial charge >= 0.3 is 12.1 Å². The molecule has 1 aliphatic rings. The van der Waals surface area contributed by atoms with E-state index in [9.17, 15) is 24.3 Å². The molecule has 11 heteroatoms. The number of nitrogens with zero attached hydrogens (tertiary/aromatic N) is 2. The molecule has 11 nitrogen and oxygen atoms in total. The summed E-state index contributed by atoms with van der Waals surface area (Å²) in [6, 6.07) is 13.5. The Hall–Kier alpha value is -4.41. The Kier molecular flexibility index (Phi) is 11.1. The van der Waals surface area contributed by atoms with E-state index in [0.717, 1.165) is 5.92 Å². The van der Waals surface area contributed by atoms with E-state index >= 15 is 0 Å². The second kappa shape index (κ2) is 14.5. The number of hydrogen-bond donors (Lipinski definition) is 3. The molecule has 42 heavy (non-hydrogen) atoms. The first-order chi connectivity index (χ1) is 19.9. The normalized spacial score (nSPS) is 14.7. The summed E-state index contributed by atoms with van der Waals surface area (Å²) in [5.41, 5.74) is 1.35. The van der Waals surface area contributed by atoms with Crippen molar-refractivity contribution in [3.05, 3.63) is 58.9 Å². The maximum Gasteiger partial charge on any atom is 0.407 e. The van der Waals surface area contributed by atoms with E-state index in [1.165, 1.54) is 4.90 Å². The van der Waals surface area contributed by atoms with Crippen molar-refractivity contribution in [1.82, 2.24) is 20.2 Å². The number of aliphatic carboxylic acids is 1. The number of aromatic amines is 1. The molecular weight excluding hydrogens is 540 g/mol. The van der Waals surface area contributed by atoms with Gasteiger partial charge in [-0.1, -0.05) is 58.9 Å². The van der Waals surface area contributed by atoms with Crippen LogP contribution in [0.3, 0.4) is 0 Å². The molecule has 0 bridgehead atoms. The number of benzene rings is 2. The van der Waals surface area contributed by atoms with Crippen LogP contribution in [0.25, 0.3) is 22.3 Å². The Morgan fingerprint density at radius 1 is 1.12 bits per heavy atom. The van der Waals surface area contributed by atoms with Crippen molar-refractivity contribution < 1.29 is 29.0 Å². The molecule has 0 spiro atoms. The van der Waals surface area contributed by atoms with Crippen molar-refractivity contribution in [2.45, 2.75) is 53.5 Å². The van der Waals surface area contributed by atoms with Crippen LogP contribution in [0.4, 0.5) is 4.79 Å². The van der Waals surface area contributed by atoms with E-state index in [-0.39, 0.29) is 31.0 Å². The second-order valence-electron chi connectivity index (χ2n) is 11.7. The van der Waals surface area contributed by atoms with Gasteiger partial charge in [0.1, 0.15) is 30.6 Å². The molecule has 1 atom stereocenters. The summed E-state index contributed by atoms with van der Waals surface area (Å²) < 4.78 is 11.2. The summed E-state index contributed by atoms with van der Waals surface area (Å²) >= 11 is 0. The standard InChI is InChI=1S/C27H30N4O7.C4H10/c1-27(2,16-38-26(36)28-14-22(32)31-12-6-11-21(31)25(34)35)15-37-18-8-5-7-17(13-18)23-24(33)30-20-10-4-3-9-19(20)29-23;1-4(2)3/h3-5,7-10,13,21H,6,11-12,14-16H2,1-2H3,(H,28,36)(H,30,33)(H,34,35);4H,1-3H3. The number of carboxylic acid groups (broad SMARTS) is 1. The second-order valence-corrected chi connectivity index (χ2v) is 11.7. The number of ether oxygens (including phenoxy) is 2. The predicted octanol–water partition coefficient (Wildman–Crippen LogP) is 4.46. The lowest BCUT2D eigenvalue weighted by molar-refractivity contribution is -0.147. The molecule has 3 N–H and O–H groups in total. The van der Waals surface area contributed by atoms with Crippen molar-refractivity contribution in [3.8, 4) is 17.0 Å². The van der Waals surface area contributed by atoms with E-state index in [1.807, 2.05) is 32.0 Å². The first-order valence-corrected chi connectivity index (χ1v) is 14.0. The fourth-order valence-electron chi connectivity index (χ4n) is 4.16. The zero-order valence-electron chi connectivity index (χ0n) is 24.8. The highest BCUT2D eigenvalue weighted by molar-refractivity contribution is 5.87. The average Bonchev–Trinajstić information content (AvgIpc) is 3.44. The van der Waals surface area contributed by atoms with E-state index < -0.39 is 29.4 Å². The summed E-state index contributed by atoms with van der Waals surface area (Å²) in [6.45, 7) is 10.4. The number of nitrogens with one attached hydrogen (secondary N) is 2. The molecule has 2 heterocycles. The molecule has 0 radical (unpaired) electrons. The maximum absolute atomic E-state index is 12.6. The average molecular weight is 581 g/mol. The molecule has 2 amide bonds. The molecule has 4 rings (SSSR count). The molecule has 0 aliphatic carbocycles. The lowest BCUT2D eigenvalue weighted by Gasteiger charge is -2.25. The Morgan fingerprint density at radius 2 is 1.83 bits per heavy atom. The van der Waals surface area contributed by atoms with Crippen LogP contribution in [0.15, 0.2) is 53.3 Å². The highest BCUT2D eigenvalue weighted by Gasteiger charge is 2.34. The number of hydrogen-bond acceptors (Lipinski definition) is 7. The largest absolute Gasteiger partial charge is 0.493 e. The van der Waals surface area contributed by atoms with Gasteiger partial charge in [0.2, 0.25) is 5.91 Å². The number of carboxylic acids is 1. The van der Waals surface area contributed by atoms with Gasteiger partial charge in [0.15, 0.2) is 0 Å². The molecule has 0 saturated carbocycles. The Morgan fingerprint density at radius 3 is 2.55 bits per heavy atom. The minimum absolute atomic E-state index is 0.0140.